The van der Waals surface area contributed by atoms with Crippen molar-refractivity contribution in [1.82, 2.24) is 14.8 Å². The normalized spacial score (nSPS) is 17.8. The Balaban J connectivity index is 1.09. The van der Waals surface area contributed by atoms with Gasteiger partial charge < -0.3 is 14.5 Å². The van der Waals surface area contributed by atoms with Crippen molar-refractivity contribution in [2.24, 2.45) is 5.92 Å². The molecule has 0 bridgehead atoms. The molecule has 2 aromatic carbocycles. The zero-order valence-electron chi connectivity index (χ0n) is 18.3. The summed E-state index contributed by atoms with van der Waals surface area (Å²) in [4.78, 5) is 24.4. The number of thiazole rings is 1. The molecule has 0 saturated carbocycles. The second-order valence-electron chi connectivity index (χ2n) is 8.37. The highest BCUT2D eigenvalue weighted by molar-refractivity contribution is 7.22. The lowest BCUT2D eigenvalue weighted by atomic mass is 9.99. The maximum Gasteiger partial charge on any atom is 0.229 e. The van der Waals surface area contributed by atoms with Gasteiger partial charge in [0.1, 0.15) is 5.75 Å². The molecule has 2 fully saturated rings. The van der Waals surface area contributed by atoms with E-state index >= 15 is 0 Å². The molecule has 0 unspecified atom stereocenters. The van der Waals surface area contributed by atoms with Crippen molar-refractivity contribution in [3.05, 3.63) is 60.2 Å². The Morgan fingerprint density at radius 2 is 1.91 bits per heavy atom. The monoisotopic (exact) mass is 448 g/mol. The molecule has 32 heavy (non-hydrogen) atoms. The first-order valence-electron chi connectivity index (χ1n) is 11.1. The van der Waals surface area contributed by atoms with Gasteiger partial charge in [-0.2, -0.15) is 0 Å². The maximum absolute atomic E-state index is 13.0. The summed E-state index contributed by atoms with van der Waals surface area (Å²) in [6.45, 7) is 5.94. The molecule has 0 N–H and O–H groups in total. The first-order valence-corrected chi connectivity index (χ1v) is 11.9. The average molecular weight is 449 g/mol. The van der Waals surface area contributed by atoms with Gasteiger partial charge in [-0.15, -0.1) is 0 Å². The number of aromatic nitrogens is 1. The van der Waals surface area contributed by atoms with Crippen LogP contribution >= 0.6 is 11.3 Å². The summed E-state index contributed by atoms with van der Waals surface area (Å²) in [5.74, 6) is 1.20. The van der Waals surface area contributed by atoms with Gasteiger partial charge in [-0.1, -0.05) is 53.8 Å². The van der Waals surface area contributed by atoms with Crippen molar-refractivity contribution in [1.29, 1.82) is 0 Å². The van der Waals surface area contributed by atoms with Crippen LogP contribution in [0.4, 0.5) is 5.13 Å². The smallest absolute Gasteiger partial charge is 0.229 e. The van der Waals surface area contributed by atoms with Crippen molar-refractivity contribution in [2.75, 3.05) is 57.8 Å². The number of hydrogen-bond donors (Lipinski definition) is 0. The topological polar surface area (TPSA) is 48.9 Å². The third-order valence-electron chi connectivity index (χ3n) is 6.24. The van der Waals surface area contributed by atoms with E-state index < -0.39 is 0 Å². The lowest BCUT2D eigenvalue weighted by molar-refractivity contribution is -0.138. The number of carbonyl (C=O) groups excluding carboxylic acids is 1. The lowest BCUT2D eigenvalue weighted by Crippen LogP contribution is -2.58. The minimum atomic E-state index is 0.0843. The van der Waals surface area contributed by atoms with Gasteiger partial charge in [-0.25, -0.2) is 4.98 Å². The Morgan fingerprint density at radius 3 is 2.66 bits per heavy atom. The Labute approximate surface area is 192 Å². The molecule has 2 aliphatic rings. The Kier molecular flexibility index (Phi) is 6.10. The second-order valence-corrected chi connectivity index (χ2v) is 9.38. The van der Waals surface area contributed by atoms with E-state index in [1.165, 1.54) is 5.56 Å². The number of benzene rings is 2. The summed E-state index contributed by atoms with van der Waals surface area (Å²) < 4.78 is 6.44. The third-order valence-corrected chi connectivity index (χ3v) is 7.34. The van der Waals surface area contributed by atoms with Crippen LogP contribution in [0.3, 0.4) is 0 Å². The van der Waals surface area contributed by atoms with Gasteiger partial charge >= 0.3 is 0 Å². The molecule has 7 heteroatoms. The van der Waals surface area contributed by atoms with E-state index in [4.69, 9.17) is 9.72 Å². The van der Waals surface area contributed by atoms with Gasteiger partial charge in [0.05, 0.1) is 23.2 Å². The van der Waals surface area contributed by atoms with Gasteiger partial charge in [-0.3, -0.25) is 9.69 Å². The van der Waals surface area contributed by atoms with Crippen molar-refractivity contribution in [3.8, 4) is 5.75 Å². The average Bonchev–Trinajstić information content (AvgIpc) is 3.21. The summed E-state index contributed by atoms with van der Waals surface area (Å²) in [6.07, 6.45) is 4.38. The number of carbonyl (C=O) groups is 1. The summed E-state index contributed by atoms with van der Waals surface area (Å²) in [6, 6.07) is 16.3. The van der Waals surface area contributed by atoms with Crippen molar-refractivity contribution < 1.29 is 9.53 Å². The number of ether oxygens (including phenoxy) is 1. The van der Waals surface area contributed by atoms with Crippen LogP contribution in [0.2, 0.25) is 0 Å². The van der Waals surface area contributed by atoms with E-state index in [2.05, 4.69) is 46.2 Å². The third kappa shape index (κ3) is 4.49. The molecule has 3 aromatic rings. The minimum Gasteiger partial charge on any atom is -0.497 e. The fourth-order valence-corrected chi connectivity index (χ4v) is 5.22. The molecule has 3 heterocycles. The number of hydrogen-bond acceptors (Lipinski definition) is 6. The number of fused-ring (bicyclic) bond motifs is 1. The number of amides is 1. The summed E-state index contributed by atoms with van der Waals surface area (Å²) >= 11 is 1.68. The van der Waals surface area contributed by atoms with Crippen LogP contribution in [0.25, 0.3) is 16.3 Å². The predicted molar refractivity (Wildman–Crippen MR) is 130 cm³/mol. The summed E-state index contributed by atoms with van der Waals surface area (Å²) in [5, 5.41) is 0.993. The maximum atomic E-state index is 13.0. The fraction of sp³-hybridized carbons (Fsp3) is 0.360. The first kappa shape index (κ1) is 21.0. The summed E-state index contributed by atoms with van der Waals surface area (Å²) in [5.41, 5.74) is 2.18. The molecular weight excluding hydrogens is 420 g/mol. The van der Waals surface area contributed by atoms with Gasteiger partial charge in [0.2, 0.25) is 5.91 Å². The molecule has 166 valence electrons. The molecule has 0 radical (unpaired) electrons. The Morgan fingerprint density at radius 1 is 1.12 bits per heavy atom. The van der Waals surface area contributed by atoms with Crippen LogP contribution < -0.4 is 9.64 Å². The van der Waals surface area contributed by atoms with E-state index in [1.54, 1.807) is 18.4 Å². The molecule has 6 nitrogen and oxygen atoms in total. The zero-order chi connectivity index (χ0) is 21.9. The first-order chi connectivity index (χ1) is 15.7. The Hall–Kier alpha value is -2.90. The number of piperazine rings is 1. The standard InChI is InChI=1S/C25H28N4O2S/c1-31-21-9-10-23-22(16-21)26-25(32-23)29-17-20(18-29)24(30)28-14-12-27(13-15-28)11-5-8-19-6-3-2-4-7-19/h2-10,16,20H,11-15,17-18H2,1H3/b8-5+. The zero-order valence-corrected chi connectivity index (χ0v) is 19.1. The number of nitrogens with zero attached hydrogens (tertiary/aromatic N) is 4. The summed E-state index contributed by atoms with van der Waals surface area (Å²) in [7, 11) is 1.67. The number of methoxy groups -OCH3 is 1. The minimum absolute atomic E-state index is 0.0843. The molecule has 0 spiro atoms. The van der Waals surface area contributed by atoms with Crippen LogP contribution in [0.1, 0.15) is 5.56 Å². The van der Waals surface area contributed by atoms with Gasteiger partial charge in [-0.05, 0) is 17.7 Å². The predicted octanol–water partition coefficient (Wildman–Crippen LogP) is 3.60. The van der Waals surface area contributed by atoms with Gasteiger partial charge in [0.25, 0.3) is 0 Å². The molecule has 1 aromatic heterocycles. The van der Waals surface area contributed by atoms with Crippen LogP contribution in [0.5, 0.6) is 5.75 Å². The molecule has 0 atom stereocenters. The molecule has 0 aliphatic carbocycles. The van der Waals surface area contributed by atoms with Crippen molar-refractivity contribution in [2.45, 2.75) is 0 Å². The van der Waals surface area contributed by atoms with E-state index in [1.807, 2.05) is 29.2 Å². The van der Waals surface area contributed by atoms with E-state index in [0.717, 1.165) is 66.9 Å². The lowest BCUT2D eigenvalue weighted by Gasteiger charge is -2.42. The molecule has 2 aliphatic heterocycles. The van der Waals surface area contributed by atoms with E-state index in [9.17, 15) is 4.79 Å². The largest absolute Gasteiger partial charge is 0.497 e. The van der Waals surface area contributed by atoms with Crippen LogP contribution in [-0.2, 0) is 4.79 Å². The van der Waals surface area contributed by atoms with E-state index in [-0.39, 0.29) is 5.92 Å². The van der Waals surface area contributed by atoms with E-state index in [0.29, 0.717) is 5.91 Å². The van der Waals surface area contributed by atoms with Crippen molar-refractivity contribution in [3.63, 3.8) is 0 Å². The van der Waals surface area contributed by atoms with Crippen LogP contribution in [-0.4, -0.2) is 73.6 Å². The van der Waals surface area contributed by atoms with Crippen molar-refractivity contribution >= 4 is 38.7 Å². The van der Waals surface area contributed by atoms with Crippen LogP contribution in [0.15, 0.2) is 54.6 Å². The van der Waals surface area contributed by atoms with Crippen LogP contribution in [0, 0.1) is 5.92 Å². The molecule has 2 saturated heterocycles. The quantitative estimate of drug-likeness (QED) is 0.577. The molecule has 1 amide bonds. The second kappa shape index (κ2) is 9.30. The highest BCUT2D eigenvalue weighted by atomic mass is 32.1. The van der Waals surface area contributed by atoms with Gasteiger partial charge in [0, 0.05) is 51.9 Å². The molecule has 5 rings (SSSR count). The number of anilines is 1. The number of rotatable bonds is 6. The highest BCUT2D eigenvalue weighted by Crippen LogP contribution is 2.34. The fourth-order valence-electron chi connectivity index (χ4n) is 4.26. The Bertz CT molecular complexity index is 1100. The SMILES string of the molecule is COc1ccc2sc(N3CC(C(=O)N4CCN(C/C=C/c5ccccc5)CC4)C3)nc2c1. The highest BCUT2D eigenvalue weighted by Gasteiger charge is 2.37. The molecular formula is C25H28N4O2S. The van der Waals surface area contributed by atoms with Gasteiger partial charge in [0.15, 0.2) is 5.13 Å².